The van der Waals surface area contributed by atoms with E-state index in [2.05, 4.69) is 12.1 Å². The standard InChI is InChI=1S/C80H63N4O2.Pt/c1-79(2,3)60-46-58(54-25-11-7-12-26-54)45-59(47-60)69-37-24-36-68(57-31-17-10-18-32-57)78(69)86-64-43-44-81-76(52-64)84-72-38-20-19-33-70(72)71-42-41-63(51-75(71)84)85-65-49-61(80(4,5)6)48-62(50-65)82-53-83(74-40-22-21-39-73(74)82)77-66(55-27-13-8-14-28-55)34-23-35-67(77)56-29-15-9-16-30-56;/h7-49,52-53H,1-6H3;/q-3;/i7D,8D,9D,10D,11D,12D,13D,14D,15D,16D,17D,18D,25D,26D,27D,28D,29D,30D,31D,32D;. The molecule has 3 heterocycles. The molecule has 428 valence electrons. The number of para-hydroxylation sites is 5. The molecule has 87 heavy (non-hydrogen) atoms. The minimum Gasteiger partial charge on any atom is -0.509 e. The fourth-order valence-corrected chi connectivity index (χ4v) is 10.8. The second-order valence-corrected chi connectivity index (χ2v) is 22.6. The van der Waals surface area contributed by atoms with Crippen LogP contribution in [0, 0.1) is 18.8 Å². The van der Waals surface area contributed by atoms with Gasteiger partial charge in [-0.25, -0.2) is 4.98 Å². The molecule has 11 aromatic carbocycles. The third-order valence-corrected chi connectivity index (χ3v) is 15.0. The average molecular weight is 1330 g/mol. The van der Waals surface area contributed by atoms with Gasteiger partial charge in [0, 0.05) is 89.7 Å². The van der Waals surface area contributed by atoms with E-state index < -0.39 is 132 Å². The molecule has 7 heteroatoms. The number of aromatic nitrogens is 2. The van der Waals surface area contributed by atoms with Crippen LogP contribution in [0.1, 0.15) is 80.1 Å². The van der Waals surface area contributed by atoms with Gasteiger partial charge in [0.1, 0.15) is 17.3 Å². The smallest absolute Gasteiger partial charge is 0.143 e. The maximum atomic E-state index is 9.23. The Balaban J connectivity index is 0.0000101. The summed E-state index contributed by atoms with van der Waals surface area (Å²) in [4.78, 5) is 8.46. The number of anilines is 4. The Morgan fingerprint density at radius 1 is 0.448 bits per heavy atom. The summed E-state index contributed by atoms with van der Waals surface area (Å²) in [6.07, 6.45) is 1.54. The summed E-state index contributed by atoms with van der Waals surface area (Å²) >= 11 is 0. The number of fused-ring (bicyclic) bond motifs is 4. The molecular formula is C80H63N4O2Pt-3. The molecule has 13 aromatic rings. The summed E-state index contributed by atoms with van der Waals surface area (Å²) in [6.45, 7) is 13.7. The number of ether oxygens (including phenoxy) is 2. The van der Waals surface area contributed by atoms with Crippen LogP contribution >= 0.6 is 0 Å². The predicted molar refractivity (Wildman–Crippen MR) is 355 cm³/mol. The van der Waals surface area contributed by atoms with Gasteiger partial charge in [0.05, 0.1) is 27.4 Å². The minimum atomic E-state index is -0.613. The van der Waals surface area contributed by atoms with Crippen molar-refractivity contribution in [2.75, 3.05) is 9.80 Å². The number of pyridine rings is 1. The van der Waals surface area contributed by atoms with Crippen LogP contribution in [-0.4, -0.2) is 9.55 Å². The molecule has 0 unspecified atom stereocenters. The summed E-state index contributed by atoms with van der Waals surface area (Å²) in [5.41, 5.74) is 4.33. The van der Waals surface area contributed by atoms with Crippen LogP contribution in [0.2, 0.25) is 0 Å². The quantitative estimate of drug-likeness (QED) is 0.114. The zero-order chi connectivity index (χ0) is 75.9. The van der Waals surface area contributed by atoms with Crippen molar-refractivity contribution in [1.29, 1.82) is 0 Å². The van der Waals surface area contributed by atoms with E-state index in [1.54, 1.807) is 90.6 Å². The molecule has 0 aliphatic carbocycles. The largest absolute Gasteiger partial charge is 0.509 e. The van der Waals surface area contributed by atoms with Gasteiger partial charge in [0.15, 0.2) is 0 Å². The van der Waals surface area contributed by atoms with Gasteiger partial charge in [-0.15, -0.1) is 53.6 Å². The van der Waals surface area contributed by atoms with E-state index in [0.717, 1.165) is 21.9 Å². The summed E-state index contributed by atoms with van der Waals surface area (Å²) in [5.74, 6) is 1.13. The summed E-state index contributed by atoms with van der Waals surface area (Å²) in [6, 6.07) is 37.1. The van der Waals surface area contributed by atoms with Crippen LogP contribution in [0.5, 0.6) is 23.0 Å². The monoisotopic (exact) mass is 1330 g/mol. The Kier molecular flexibility index (Phi) is 10.1. The molecule has 6 nitrogen and oxygen atoms in total. The van der Waals surface area contributed by atoms with Crippen LogP contribution in [0.15, 0.2) is 267 Å². The summed E-state index contributed by atoms with van der Waals surface area (Å²) < 4.78 is 193. The van der Waals surface area contributed by atoms with Gasteiger partial charge in [-0.05, 0) is 85.5 Å². The van der Waals surface area contributed by atoms with E-state index in [1.807, 2.05) is 118 Å². The van der Waals surface area contributed by atoms with Gasteiger partial charge in [-0.1, -0.05) is 247 Å². The number of nitrogens with zero attached hydrogens (tertiary/aromatic N) is 4. The Morgan fingerprint density at radius 3 is 1.62 bits per heavy atom. The average Bonchev–Trinajstić information content (AvgIpc) is 1.72. The van der Waals surface area contributed by atoms with E-state index in [-0.39, 0.29) is 88.7 Å². The molecule has 0 saturated carbocycles. The molecule has 0 saturated heterocycles. The number of hydrogen-bond acceptors (Lipinski definition) is 5. The Morgan fingerprint density at radius 2 is 0.989 bits per heavy atom. The minimum absolute atomic E-state index is 0. The molecular weight excluding hydrogens is 1240 g/mol. The second-order valence-electron chi connectivity index (χ2n) is 22.6. The predicted octanol–water partition coefficient (Wildman–Crippen LogP) is 21.7. The van der Waals surface area contributed by atoms with Crippen LogP contribution < -0.4 is 19.3 Å². The third kappa shape index (κ3) is 11.0. The molecule has 2 aromatic heterocycles. The molecule has 1 aliphatic rings. The van der Waals surface area contributed by atoms with Crippen LogP contribution in [0.3, 0.4) is 0 Å². The number of rotatable bonds is 12. The zero-order valence-electron chi connectivity index (χ0n) is 67.9. The SMILES string of the molecule is [2H]c1c([2H])c([2H])c(-c2cc(-c3cccc(-c4c([2H])c([2H])c([2H])c([2H])c4[2H])c3Oc3ccnc(-n4c5[c-]c(Oc6[c-]c(N7[CH-]N(c8c(-c9c([2H])c([2H])c([2H])c([2H])c9[2H])cccc8-c8c([2H])c([2H])c([2H])c([2H])c8[2H])c8ccccc87)cc(C(C)(C)C)c6)ccc5c5ccccc54)c3)cc(C(C)(C)C)c2)c([2H])c1[2H].[Pt]. The number of benzene rings is 11. The summed E-state index contributed by atoms with van der Waals surface area (Å²) in [7, 11) is 0. The topological polar surface area (TPSA) is 42.8 Å². The Bertz CT molecular complexity index is 5710. The summed E-state index contributed by atoms with van der Waals surface area (Å²) in [5, 5.41) is 1.59. The van der Waals surface area contributed by atoms with Crippen molar-refractivity contribution in [3.63, 3.8) is 0 Å². The van der Waals surface area contributed by atoms with E-state index in [9.17, 15) is 8.22 Å². The zero-order valence-corrected chi connectivity index (χ0v) is 50.1. The second kappa shape index (κ2) is 23.3. The van der Waals surface area contributed by atoms with Gasteiger partial charge in [0.2, 0.25) is 0 Å². The van der Waals surface area contributed by atoms with Crippen LogP contribution in [0.4, 0.5) is 22.7 Å². The van der Waals surface area contributed by atoms with Crippen molar-refractivity contribution in [3.8, 4) is 84.5 Å². The molecule has 14 rings (SSSR count). The normalized spacial score (nSPS) is 15.5. The van der Waals surface area contributed by atoms with Gasteiger partial charge in [-0.3, -0.25) is 0 Å². The van der Waals surface area contributed by atoms with Gasteiger partial charge in [-0.2, -0.15) is 6.07 Å². The van der Waals surface area contributed by atoms with Crippen molar-refractivity contribution in [1.82, 2.24) is 9.55 Å². The van der Waals surface area contributed by atoms with Crippen molar-refractivity contribution in [2.45, 2.75) is 52.4 Å². The molecule has 0 spiro atoms. The molecule has 0 N–H and O–H groups in total. The van der Waals surface area contributed by atoms with Crippen LogP contribution in [0.25, 0.3) is 83.3 Å². The van der Waals surface area contributed by atoms with Gasteiger partial charge >= 0.3 is 0 Å². The molecule has 0 amide bonds. The van der Waals surface area contributed by atoms with Crippen molar-refractivity contribution < 1.29 is 58.0 Å². The van der Waals surface area contributed by atoms with Gasteiger partial charge in [0.25, 0.3) is 0 Å². The fraction of sp³-hybridized carbons (Fsp3) is 0.100. The maximum Gasteiger partial charge on any atom is 0.143 e. The maximum absolute atomic E-state index is 9.23. The molecule has 0 atom stereocenters. The molecule has 0 bridgehead atoms. The van der Waals surface area contributed by atoms with Gasteiger partial charge < -0.3 is 23.8 Å². The van der Waals surface area contributed by atoms with Crippen molar-refractivity contribution in [2.24, 2.45) is 0 Å². The molecule has 1 aliphatic heterocycles. The Labute approximate surface area is 553 Å². The first-order valence-electron chi connectivity index (χ1n) is 37.8. The van der Waals surface area contributed by atoms with Crippen molar-refractivity contribution >= 4 is 44.6 Å². The van der Waals surface area contributed by atoms with Crippen molar-refractivity contribution in [3.05, 3.63) is 296 Å². The first-order valence-corrected chi connectivity index (χ1v) is 27.8. The third-order valence-electron chi connectivity index (χ3n) is 15.0. The first-order chi connectivity index (χ1) is 50.2. The van der Waals surface area contributed by atoms with E-state index in [0.29, 0.717) is 50.6 Å². The van der Waals surface area contributed by atoms with E-state index in [4.69, 9.17) is 33.6 Å². The number of hydrogen-bond donors (Lipinski definition) is 0. The van der Waals surface area contributed by atoms with Crippen LogP contribution in [-0.2, 0) is 31.9 Å². The fourth-order valence-electron chi connectivity index (χ4n) is 10.8. The molecule has 0 radical (unpaired) electrons. The first kappa shape index (κ1) is 37.6. The van der Waals surface area contributed by atoms with E-state index >= 15 is 0 Å². The van der Waals surface area contributed by atoms with E-state index in [1.165, 1.54) is 0 Å². The molecule has 0 fully saturated rings. The Hall–Kier alpha value is -9.74.